The summed E-state index contributed by atoms with van der Waals surface area (Å²) in [6.07, 6.45) is 2.11. The number of pyridine rings is 1. The van der Waals surface area contributed by atoms with Gasteiger partial charge in [-0.2, -0.15) is 0 Å². The van der Waals surface area contributed by atoms with Crippen molar-refractivity contribution in [3.05, 3.63) is 24.0 Å². The third-order valence-electron chi connectivity index (χ3n) is 2.75. The predicted octanol–water partition coefficient (Wildman–Crippen LogP) is 0.345. The number of aromatic nitrogens is 1. The Kier molecular flexibility index (Phi) is 3.42. The Morgan fingerprint density at radius 2 is 2.28 bits per heavy atom. The number of likely N-dealkylation sites (tertiary alicyclic amines) is 1. The Hall–Kier alpha value is -2.15. The van der Waals surface area contributed by atoms with E-state index in [4.69, 9.17) is 10.8 Å². The Labute approximate surface area is 104 Å². The van der Waals surface area contributed by atoms with Crippen LogP contribution in [0.2, 0.25) is 0 Å². The molecule has 0 aliphatic carbocycles. The molecule has 7 heteroatoms. The van der Waals surface area contributed by atoms with Crippen LogP contribution >= 0.6 is 0 Å². The lowest BCUT2D eigenvalue weighted by molar-refractivity contribution is 0.0690. The summed E-state index contributed by atoms with van der Waals surface area (Å²) in [6, 6.07) is 2.63. The van der Waals surface area contributed by atoms with Crippen molar-refractivity contribution in [2.45, 2.75) is 12.5 Å². The molecule has 0 spiro atoms. The van der Waals surface area contributed by atoms with Gasteiger partial charge < -0.3 is 21.1 Å². The summed E-state index contributed by atoms with van der Waals surface area (Å²) in [5.41, 5.74) is 6.11. The number of rotatable bonds is 2. The largest absolute Gasteiger partial charge is 0.477 e. The summed E-state index contributed by atoms with van der Waals surface area (Å²) in [5, 5.41) is 11.3. The number of nitrogens with two attached hydrogens (primary N) is 1. The molecule has 1 aliphatic heterocycles. The summed E-state index contributed by atoms with van der Waals surface area (Å²) in [6.45, 7) is 1.17. The molecule has 1 aromatic heterocycles. The van der Waals surface area contributed by atoms with Crippen LogP contribution in [0.4, 0.5) is 10.5 Å². The van der Waals surface area contributed by atoms with Crippen LogP contribution in [0.5, 0.6) is 0 Å². The van der Waals surface area contributed by atoms with Crippen LogP contribution in [0.1, 0.15) is 16.9 Å². The van der Waals surface area contributed by atoms with Gasteiger partial charge in [-0.05, 0) is 18.6 Å². The van der Waals surface area contributed by atoms with Gasteiger partial charge in [-0.25, -0.2) is 14.6 Å². The number of carboxylic acids is 1. The van der Waals surface area contributed by atoms with E-state index in [0.717, 1.165) is 6.42 Å². The summed E-state index contributed by atoms with van der Waals surface area (Å²) in [5.74, 6) is -1.10. The van der Waals surface area contributed by atoms with Crippen molar-refractivity contribution in [2.75, 3.05) is 18.4 Å². The van der Waals surface area contributed by atoms with E-state index in [1.54, 1.807) is 4.90 Å². The van der Waals surface area contributed by atoms with Gasteiger partial charge in [-0.15, -0.1) is 0 Å². The zero-order valence-corrected chi connectivity index (χ0v) is 9.67. The molecule has 1 atom stereocenters. The fraction of sp³-hybridized carbons (Fsp3) is 0.364. The Morgan fingerprint density at radius 1 is 1.50 bits per heavy atom. The lowest BCUT2D eigenvalue weighted by atomic mass is 10.3. The topological polar surface area (TPSA) is 109 Å². The molecule has 1 saturated heterocycles. The SMILES string of the molecule is NC1CCN(C(=O)Nc2ccc(C(=O)O)nc2)C1. The summed E-state index contributed by atoms with van der Waals surface area (Å²) < 4.78 is 0. The molecular weight excluding hydrogens is 236 g/mol. The fourth-order valence-corrected chi connectivity index (χ4v) is 1.77. The highest BCUT2D eigenvalue weighted by molar-refractivity contribution is 5.90. The quantitative estimate of drug-likeness (QED) is 0.701. The molecule has 0 saturated carbocycles. The molecule has 7 nitrogen and oxygen atoms in total. The predicted molar refractivity (Wildman–Crippen MR) is 64.4 cm³/mol. The minimum absolute atomic E-state index is 0.0308. The number of carbonyl (C=O) groups excluding carboxylic acids is 1. The second kappa shape index (κ2) is 5.01. The van der Waals surface area contributed by atoms with Crippen molar-refractivity contribution in [2.24, 2.45) is 5.73 Å². The first-order valence-electron chi connectivity index (χ1n) is 5.57. The number of nitrogens with one attached hydrogen (secondary N) is 1. The summed E-state index contributed by atoms with van der Waals surface area (Å²) in [7, 11) is 0. The van der Waals surface area contributed by atoms with E-state index in [-0.39, 0.29) is 17.8 Å². The average molecular weight is 250 g/mol. The molecule has 1 aliphatic rings. The molecule has 18 heavy (non-hydrogen) atoms. The number of urea groups is 1. The van der Waals surface area contributed by atoms with Gasteiger partial charge in [0.05, 0.1) is 11.9 Å². The monoisotopic (exact) mass is 250 g/mol. The van der Waals surface area contributed by atoms with Crippen LogP contribution in [-0.4, -0.2) is 46.1 Å². The maximum atomic E-state index is 11.8. The van der Waals surface area contributed by atoms with Crippen molar-refractivity contribution in [1.29, 1.82) is 0 Å². The zero-order valence-electron chi connectivity index (χ0n) is 9.67. The van der Waals surface area contributed by atoms with E-state index in [9.17, 15) is 9.59 Å². The van der Waals surface area contributed by atoms with E-state index in [1.165, 1.54) is 18.3 Å². The molecule has 2 amide bonds. The number of carbonyl (C=O) groups is 2. The lowest BCUT2D eigenvalue weighted by Gasteiger charge is -2.16. The molecule has 1 aromatic rings. The first kappa shape index (κ1) is 12.3. The van der Waals surface area contributed by atoms with Gasteiger partial charge in [0.2, 0.25) is 0 Å². The lowest BCUT2D eigenvalue weighted by Crippen LogP contribution is -2.35. The van der Waals surface area contributed by atoms with E-state index >= 15 is 0 Å². The number of anilines is 1. The molecule has 1 unspecified atom stereocenters. The van der Waals surface area contributed by atoms with Crippen LogP contribution in [0.3, 0.4) is 0 Å². The summed E-state index contributed by atoms with van der Waals surface area (Å²) >= 11 is 0. The van der Waals surface area contributed by atoms with Crippen LogP contribution in [-0.2, 0) is 0 Å². The molecule has 0 bridgehead atoms. The van der Waals surface area contributed by atoms with Crippen molar-refractivity contribution < 1.29 is 14.7 Å². The maximum absolute atomic E-state index is 11.8. The molecule has 1 fully saturated rings. The Morgan fingerprint density at radius 3 is 2.78 bits per heavy atom. The minimum atomic E-state index is -1.10. The van der Waals surface area contributed by atoms with Crippen molar-refractivity contribution in [3.63, 3.8) is 0 Å². The summed E-state index contributed by atoms with van der Waals surface area (Å²) in [4.78, 5) is 27.7. The number of hydrogen-bond donors (Lipinski definition) is 3. The van der Waals surface area contributed by atoms with Crippen LogP contribution in [0, 0.1) is 0 Å². The van der Waals surface area contributed by atoms with Gasteiger partial charge in [0, 0.05) is 19.1 Å². The van der Waals surface area contributed by atoms with Gasteiger partial charge in [-0.1, -0.05) is 0 Å². The van der Waals surface area contributed by atoms with Gasteiger partial charge in [0.1, 0.15) is 5.69 Å². The van der Waals surface area contributed by atoms with Crippen molar-refractivity contribution in [1.82, 2.24) is 9.88 Å². The van der Waals surface area contributed by atoms with E-state index in [2.05, 4.69) is 10.3 Å². The third-order valence-corrected chi connectivity index (χ3v) is 2.75. The molecule has 0 radical (unpaired) electrons. The van der Waals surface area contributed by atoms with Gasteiger partial charge in [0.15, 0.2) is 0 Å². The molecule has 2 rings (SSSR count). The van der Waals surface area contributed by atoms with Gasteiger partial charge in [0.25, 0.3) is 0 Å². The standard InChI is InChI=1S/C11H14N4O3/c12-7-3-4-15(6-7)11(18)14-8-1-2-9(10(16)17)13-5-8/h1-2,5,7H,3-4,6,12H2,(H,14,18)(H,16,17). The Bertz CT molecular complexity index is 460. The highest BCUT2D eigenvalue weighted by atomic mass is 16.4. The second-order valence-electron chi connectivity index (χ2n) is 4.16. The highest BCUT2D eigenvalue weighted by Crippen LogP contribution is 2.11. The van der Waals surface area contributed by atoms with Crippen LogP contribution < -0.4 is 11.1 Å². The smallest absolute Gasteiger partial charge is 0.354 e. The van der Waals surface area contributed by atoms with Crippen LogP contribution in [0.25, 0.3) is 0 Å². The maximum Gasteiger partial charge on any atom is 0.354 e. The fourth-order valence-electron chi connectivity index (χ4n) is 1.77. The van der Waals surface area contributed by atoms with Gasteiger partial charge >= 0.3 is 12.0 Å². The first-order valence-corrected chi connectivity index (χ1v) is 5.57. The van der Waals surface area contributed by atoms with Crippen LogP contribution in [0.15, 0.2) is 18.3 Å². The average Bonchev–Trinajstić information content (AvgIpc) is 2.76. The van der Waals surface area contributed by atoms with Crippen molar-refractivity contribution in [3.8, 4) is 0 Å². The molecule has 96 valence electrons. The number of nitrogens with zero attached hydrogens (tertiary/aromatic N) is 2. The first-order chi connectivity index (χ1) is 8.56. The molecule has 0 aromatic carbocycles. The number of amides is 2. The number of aromatic carboxylic acids is 1. The molecule has 2 heterocycles. The van der Waals surface area contributed by atoms with E-state index < -0.39 is 5.97 Å². The molecular formula is C11H14N4O3. The number of carboxylic acid groups (broad SMARTS) is 1. The van der Waals surface area contributed by atoms with Crippen molar-refractivity contribution >= 4 is 17.7 Å². The van der Waals surface area contributed by atoms with E-state index in [0.29, 0.717) is 18.8 Å². The van der Waals surface area contributed by atoms with Gasteiger partial charge in [-0.3, -0.25) is 0 Å². The third kappa shape index (κ3) is 2.75. The minimum Gasteiger partial charge on any atom is -0.477 e. The highest BCUT2D eigenvalue weighted by Gasteiger charge is 2.23. The number of hydrogen-bond acceptors (Lipinski definition) is 4. The second-order valence-corrected chi connectivity index (χ2v) is 4.16. The van der Waals surface area contributed by atoms with E-state index in [1.807, 2.05) is 0 Å². The zero-order chi connectivity index (χ0) is 13.1. The normalized spacial score (nSPS) is 18.7. The Balaban J connectivity index is 1.97. The molecule has 4 N–H and O–H groups in total.